The maximum atomic E-state index is 11.8. The lowest BCUT2D eigenvalue weighted by atomic mass is 10.0. The Hall–Kier alpha value is -3.27. The molecule has 1 atom stereocenters. The van der Waals surface area contributed by atoms with Gasteiger partial charge in [0.05, 0.1) is 37.4 Å². The summed E-state index contributed by atoms with van der Waals surface area (Å²) in [4.78, 5) is 31.4. The molecule has 3 N–H and O–H groups in total. The van der Waals surface area contributed by atoms with E-state index < -0.39 is 18.0 Å². The molecule has 29 heavy (non-hydrogen) atoms. The van der Waals surface area contributed by atoms with Crippen LogP contribution in [0.1, 0.15) is 41.0 Å². The Morgan fingerprint density at radius 2 is 2.10 bits per heavy atom. The van der Waals surface area contributed by atoms with Crippen molar-refractivity contribution in [2.45, 2.75) is 26.3 Å². The number of carbonyl (C=O) groups excluding carboxylic acids is 1. The molecule has 0 fully saturated rings. The second kappa shape index (κ2) is 10.3. The van der Waals surface area contributed by atoms with Crippen LogP contribution in [0.25, 0.3) is 0 Å². The van der Waals surface area contributed by atoms with Gasteiger partial charge in [-0.2, -0.15) is 0 Å². The minimum atomic E-state index is -0.987. The summed E-state index contributed by atoms with van der Waals surface area (Å²) >= 11 is 5.28. The minimum Gasteiger partial charge on any atom is -0.497 e. The molecular formula is C19H22N4O5S. The van der Waals surface area contributed by atoms with Crippen LogP contribution >= 0.6 is 12.2 Å². The second-order valence-corrected chi connectivity index (χ2v) is 6.35. The van der Waals surface area contributed by atoms with Gasteiger partial charge in [-0.05, 0) is 43.8 Å². The molecule has 0 aliphatic carbocycles. The maximum absolute atomic E-state index is 11.8. The van der Waals surface area contributed by atoms with Crippen LogP contribution in [0, 0.1) is 6.92 Å². The third kappa shape index (κ3) is 6.39. The van der Waals surface area contributed by atoms with Crippen molar-refractivity contribution in [1.29, 1.82) is 0 Å². The number of anilines is 1. The molecule has 0 unspecified atom stereocenters. The van der Waals surface area contributed by atoms with Crippen molar-refractivity contribution in [2.75, 3.05) is 19.0 Å². The number of aromatic nitrogens is 2. The smallest absolute Gasteiger partial charge is 0.341 e. The Kier molecular flexibility index (Phi) is 7.84. The third-order valence-electron chi connectivity index (χ3n) is 3.88. The number of aryl methyl sites for hydroxylation is 1. The predicted octanol–water partition coefficient (Wildman–Crippen LogP) is 2.47. The third-order valence-corrected chi connectivity index (χ3v) is 4.10. The lowest BCUT2D eigenvalue weighted by Crippen LogP contribution is -2.34. The molecule has 2 aromatic rings. The van der Waals surface area contributed by atoms with Crippen molar-refractivity contribution in [3.8, 4) is 5.75 Å². The Morgan fingerprint density at radius 1 is 1.34 bits per heavy atom. The van der Waals surface area contributed by atoms with Crippen LogP contribution < -0.4 is 15.4 Å². The van der Waals surface area contributed by atoms with Gasteiger partial charge in [-0.1, -0.05) is 12.1 Å². The Labute approximate surface area is 173 Å². The first-order valence-corrected chi connectivity index (χ1v) is 9.18. The highest BCUT2D eigenvalue weighted by atomic mass is 32.1. The zero-order valence-electron chi connectivity index (χ0n) is 16.3. The molecule has 0 aliphatic heterocycles. The fourth-order valence-electron chi connectivity index (χ4n) is 2.52. The van der Waals surface area contributed by atoms with E-state index in [9.17, 15) is 14.7 Å². The minimum absolute atomic E-state index is 0.141. The quantitative estimate of drug-likeness (QED) is 0.435. The molecule has 0 aliphatic rings. The molecule has 1 aromatic carbocycles. The number of carboxylic acid groups (broad SMARTS) is 1. The SMILES string of the molecule is CCOC(=O)c1cnc(NC(=S)N[C@@H](CC(=O)O)c2cccc(OC)c2)nc1C. The molecule has 0 spiro atoms. The molecule has 0 radical (unpaired) electrons. The lowest BCUT2D eigenvalue weighted by molar-refractivity contribution is -0.137. The normalized spacial score (nSPS) is 11.3. The molecule has 1 aromatic heterocycles. The van der Waals surface area contributed by atoms with E-state index in [1.165, 1.54) is 13.3 Å². The monoisotopic (exact) mass is 418 g/mol. The van der Waals surface area contributed by atoms with Crippen molar-refractivity contribution in [3.05, 3.63) is 47.3 Å². The van der Waals surface area contributed by atoms with Gasteiger partial charge in [0.1, 0.15) is 5.75 Å². The molecule has 10 heteroatoms. The second-order valence-electron chi connectivity index (χ2n) is 5.94. The molecular weight excluding hydrogens is 396 g/mol. The van der Waals surface area contributed by atoms with E-state index in [0.717, 1.165) is 0 Å². The van der Waals surface area contributed by atoms with Gasteiger partial charge in [-0.15, -0.1) is 0 Å². The highest BCUT2D eigenvalue weighted by Gasteiger charge is 2.18. The summed E-state index contributed by atoms with van der Waals surface area (Å²) in [5.74, 6) is -0.712. The Bertz CT molecular complexity index is 906. The maximum Gasteiger partial charge on any atom is 0.341 e. The molecule has 154 valence electrons. The number of carboxylic acids is 1. The largest absolute Gasteiger partial charge is 0.497 e. The molecule has 2 rings (SSSR count). The van der Waals surface area contributed by atoms with E-state index in [0.29, 0.717) is 17.0 Å². The lowest BCUT2D eigenvalue weighted by Gasteiger charge is -2.20. The van der Waals surface area contributed by atoms with Crippen LogP contribution in [-0.2, 0) is 9.53 Å². The summed E-state index contributed by atoms with van der Waals surface area (Å²) in [6.07, 6.45) is 1.15. The van der Waals surface area contributed by atoms with Crippen molar-refractivity contribution in [1.82, 2.24) is 15.3 Å². The van der Waals surface area contributed by atoms with Crippen LogP contribution in [0.15, 0.2) is 30.5 Å². The number of thiocarbonyl (C=S) groups is 1. The van der Waals surface area contributed by atoms with Gasteiger partial charge in [0.25, 0.3) is 0 Å². The van der Waals surface area contributed by atoms with E-state index in [-0.39, 0.29) is 29.7 Å². The molecule has 9 nitrogen and oxygen atoms in total. The Balaban J connectivity index is 2.12. The summed E-state index contributed by atoms with van der Waals surface area (Å²) < 4.78 is 10.1. The number of carbonyl (C=O) groups is 2. The summed E-state index contributed by atoms with van der Waals surface area (Å²) in [5.41, 5.74) is 1.39. The van der Waals surface area contributed by atoms with Gasteiger partial charge in [-0.25, -0.2) is 14.8 Å². The molecule has 0 bridgehead atoms. The van der Waals surface area contributed by atoms with Crippen molar-refractivity contribution in [2.24, 2.45) is 0 Å². The standard InChI is InChI=1S/C19H22N4O5S/c1-4-28-17(26)14-10-20-18(21-11(14)2)23-19(29)22-15(9-16(24)25)12-6-5-7-13(8-12)27-3/h5-8,10,15H,4,9H2,1-3H3,(H,24,25)(H2,20,21,22,23,29)/t15-/m0/s1. The van der Waals surface area contributed by atoms with Gasteiger partial charge in [-0.3, -0.25) is 4.79 Å². The number of esters is 1. The fourth-order valence-corrected chi connectivity index (χ4v) is 2.75. The van der Waals surface area contributed by atoms with Gasteiger partial charge in [0, 0.05) is 6.20 Å². The molecule has 1 heterocycles. The molecule has 0 saturated heterocycles. The van der Waals surface area contributed by atoms with E-state index >= 15 is 0 Å². The number of benzene rings is 1. The number of nitrogens with one attached hydrogen (secondary N) is 2. The van der Waals surface area contributed by atoms with Crippen LogP contribution in [0.3, 0.4) is 0 Å². The topological polar surface area (TPSA) is 123 Å². The number of hydrogen-bond donors (Lipinski definition) is 3. The van der Waals surface area contributed by atoms with Gasteiger partial charge < -0.3 is 25.2 Å². The van der Waals surface area contributed by atoms with E-state index in [1.807, 2.05) is 0 Å². The fraction of sp³-hybridized carbons (Fsp3) is 0.316. The highest BCUT2D eigenvalue weighted by Crippen LogP contribution is 2.22. The van der Waals surface area contributed by atoms with Crippen LogP contribution in [0.5, 0.6) is 5.75 Å². The van der Waals surface area contributed by atoms with Gasteiger partial charge in [0.2, 0.25) is 5.95 Å². The van der Waals surface area contributed by atoms with Crippen LogP contribution in [0.4, 0.5) is 5.95 Å². The number of methoxy groups -OCH3 is 1. The number of aliphatic carboxylic acids is 1. The summed E-state index contributed by atoms with van der Waals surface area (Å²) in [6.45, 7) is 3.62. The molecule has 0 amide bonds. The average Bonchev–Trinajstić information content (AvgIpc) is 2.67. The first-order valence-electron chi connectivity index (χ1n) is 8.78. The van der Waals surface area contributed by atoms with Crippen molar-refractivity contribution in [3.63, 3.8) is 0 Å². The van der Waals surface area contributed by atoms with E-state index in [2.05, 4.69) is 20.6 Å². The number of hydrogen-bond acceptors (Lipinski definition) is 7. The highest BCUT2D eigenvalue weighted by molar-refractivity contribution is 7.80. The molecule has 0 saturated carbocycles. The predicted molar refractivity (Wildman–Crippen MR) is 110 cm³/mol. The zero-order valence-corrected chi connectivity index (χ0v) is 17.1. The van der Waals surface area contributed by atoms with Crippen molar-refractivity contribution >= 4 is 35.2 Å². The number of nitrogens with zero attached hydrogens (tertiary/aromatic N) is 2. The summed E-state index contributed by atoms with van der Waals surface area (Å²) in [5, 5.41) is 15.1. The van der Waals surface area contributed by atoms with Gasteiger partial charge >= 0.3 is 11.9 Å². The van der Waals surface area contributed by atoms with Crippen LogP contribution in [-0.4, -0.2) is 45.8 Å². The van der Waals surface area contributed by atoms with E-state index in [4.69, 9.17) is 21.7 Å². The van der Waals surface area contributed by atoms with Crippen LogP contribution in [0.2, 0.25) is 0 Å². The zero-order chi connectivity index (χ0) is 21.4. The Morgan fingerprint density at radius 3 is 2.72 bits per heavy atom. The number of ether oxygens (including phenoxy) is 2. The first-order chi connectivity index (χ1) is 13.8. The van der Waals surface area contributed by atoms with E-state index in [1.54, 1.807) is 38.1 Å². The first kappa shape index (κ1) is 22.0. The van der Waals surface area contributed by atoms with Gasteiger partial charge in [0.15, 0.2) is 5.11 Å². The summed E-state index contributed by atoms with van der Waals surface area (Å²) in [7, 11) is 1.53. The van der Waals surface area contributed by atoms with Crippen molar-refractivity contribution < 1.29 is 24.2 Å². The summed E-state index contributed by atoms with van der Waals surface area (Å²) in [6, 6.07) is 6.45. The average molecular weight is 418 g/mol. The number of rotatable bonds is 8.